The molecule has 1 aromatic carbocycles. The predicted octanol–water partition coefficient (Wildman–Crippen LogP) is 0.327. The van der Waals surface area contributed by atoms with Crippen molar-refractivity contribution in [2.75, 3.05) is 6.54 Å². The second kappa shape index (κ2) is 4.56. The van der Waals surface area contributed by atoms with Crippen LogP contribution in [-0.2, 0) is 24.2 Å². The van der Waals surface area contributed by atoms with E-state index >= 15 is 0 Å². The molecule has 0 saturated carbocycles. The fourth-order valence-electron chi connectivity index (χ4n) is 2.21. The Labute approximate surface area is 104 Å². The number of aromatic amines is 1. The molecule has 2 aromatic rings. The molecule has 0 fully saturated rings. The Morgan fingerprint density at radius 1 is 1.33 bits per heavy atom. The summed E-state index contributed by atoms with van der Waals surface area (Å²) in [6, 6.07) is 8.24. The van der Waals surface area contributed by atoms with Crippen LogP contribution in [0.3, 0.4) is 0 Å². The van der Waals surface area contributed by atoms with E-state index in [4.69, 9.17) is 0 Å². The highest BCUT2D eigenvalue weighted by molar-refractivity contribution is 5.78. The van der Waals surface area contributed by atoms with Crippen molar-refractivity contribution in [3.63, 3.8) is 0 Å². The molecule has 1 aliphatic rings. The average Bonchev–Trinajstić information content (AvgIpc) is 2.91. The minimum absolute atomic E-state index is 0.0471. The Bertz CT molecular complexity index is 551. The van der Waals surface area contributed by atoms with Crippen LogP contribution < -0.4 is 0 Å². The summed E-state index contributed by atoms with van der Waals surface area (Å²) in [4.78, 5) is 13.9. The number of hydrogen-bond donors (Lipinski definition) is 1. The van der Waals surface area contributed by atoms with Crippen LogP contribution in [0.5, 0.6) is 0 Å². The number of tetrazole rings is 1. The highest BCUT2D eigenvalue weighted by atomic mass is 16.2. The standard InChI is InChI=1S/C12H13N5O/c18-12(7-11-13-15-16-14-11)17-6-5-9-3-1-2-4-10(9)8-17/h1-4H,5-8H2,(H,13,14,15,16). The van der Waals surface area contributed by atoms with E-state index in [0.29, 0.717) is 12.4 Å². The van der Waals surface area contributed by atoms with Crippen molar-refractivity contribution in [3.05, 3.63) is 41.2 Å². The van der Waals surface area contributed by atoms with Crippen LogP contribution in [0.2, 0.25) is 0 Å². The van der Waals surface area contributed by atoms with Gasteiger partial charge in [-0.05, 0) is 17.5 Å². The van der Waals surface area contributed by atoms with E-state index in [1.165, 1.54) is 11.1 Å². The Hall–Kier alpha value is -2.24. The van der Waals surface area contributed by atoms with Gasteiger partial charge in [-0.3, -0.25) is 4.79 Å². The SMILES string of the molecule is O=C(Cc1nn[nH]n1)N1CCc2ccccc2C1. The first-order chi connectivity index (χ1) is 8.83. The fourth-order valence-corrected chi connectivity index (χ4v) is 2.21. The lowest BCUT2D eigenvalue weighted by atomic mass is 10.00. The number of nitrogens with zero attached hydrogens (tertiary/aromatic N) is 4. The van der Waals surface area contributed by atoms with Crippen LogP contribution in [0.1, 0.15) is 17.0 Å². The van der Waals surface area contributed by atoms with Gasteiger partial charge in [-0.2, -0.15) is 5.21 Å². The number of hydrogen-bond acceptors (Lipinski definition) is 4. The average molecular weight is 243 g/mol. The van der Waals surface area contributed by atoms with E-state index in [2.05, 4.69) is 32.8 Å². The first-order valence-corrected chi connectivity index (χ1v) is 5.90. The number of aromatic nitrogens is 4. The van der Waals surface area contributed by atoms with Gasteiger partial charge in [-0.15, -0.1) is 10.2 Å². The number of amides is 1. The molecule has 0 spiro atoms. The maximum atomic E-state index is 12.1. The number of rotatable bonds is 2. The number of carbonyl (C=O) groups excluding carboxylic acids is 1. The lowest BCUT2D eigenvalue weighted by Crippen LogP contribution is -2.37. The van der Waals surface area contributed by atoms with Gasteiger partial charge < -0.3 is 4.90 Å². The lowest BCUT2D eigenvalue weighted by Gasteiger charge is -2.28. The summed E-state index contributed by atoms with van der Waals surface area (Å²) in [5, 5.41) is 13.4. The van der Waals surface area contributed by atoms with Crippen LogP contribution >= 0.6 is 0 Å². The smallest absolute Gasteiger partial charge is 0.230 e. The van der Waals surface area contributed by atoms with Crippen molar-refractivity contribution < 1.29 is 4.79 Å². The van der Waals surface area contributed by atoms with Crippen molar-refractivity contribution in [3.8, 4) is 0 Å². The van der Waals surface area contributed by atoms with Crippen LogP contribution in [-0.4, -0.2) is 38.0 Å². The van der Waals surface area contributed by atoms with E-state index in [-0.39, 0.29) is 12.3 Å². The number of carbonyl (C=O) groups is 1. The highest BCUT2D eigenvalue weighted by Crippen LogP contribution is 2.18. The van der Waals surface area contributed by atoms with Crippen molar-refractivity contribution >= 4 is 5.91 Å². The molecule has 0 saturated heterocycles. The zero-order chi connectivity index (χ0) is 12.4. The van der Waals surface area contributed by atoms with Gasteiger partial charge in [-0.1, -0.05) is 29.5 Å². The van der Waals surface area contributed by atoms with Crippen molar-refractivity contribution in [2.45, 2.75) is 19.4 Å². The summed E-state index contributed by atoms with van der Waals surface area (Å²) in [6.07, 6.45) is 1.12. The van der Waals surface area contributed by atoms with Gasteiger partial charge in [-0.25, -0.2) is 0 Å². The fraction of sp³-hybridized carbons (Fsp3) is 0.333. The first kappa shape index (κ1) is 10.9. The molecule has 6 nitrogen and oxygen atoms in total. The molecule has 0 radical (unpaired) electrons. The van der Waals surface area contributed by atoms with Gasteiger partial charge in [0, 0.05) is 13.1 Å². The molecule has 0 bridgehead atoms. The normalized spacial score (nSPS) is 14.3. The van der Waals surface area contributed by atoms with Gasteiger partial charge in [0.25, 0.3) is 0 Å². The van der Waals surface area contributed by atoms with Crippen molar-refractivity contribution in [2.24, 2.45) is 0 Å². The van der Waals surface area contributed by atoms with Gasteiger partial charge in [0.2, 0.25) is 5.91 Å². The van der Waals surface area contributed by atoms with Crippen LogP contribution in [0.4, 0.5) is 0 Å². The van der Waals surface area contributed by atoms with E-state index in [0.717, 1.165) is 13.0 Å². The van der Waals surface area contributed by atoms with E-state index in [9.17, 15) is 4.79 Å². The predicted molar refractivity (Wildman–Crippen MR) is 63.4 cm³/mol. The molecule has 0 aliphatic carbocycles. The van der Waals surface area contributed by atoms with Crippen molar-refractivity contribution in [1.82, 2.24) is 25.5 Å². The minimum Gasteiger partial charge on any atom is -0.338 e. The molecule has 1 aliphatic heterocycles. The second-order valence-electron chi connectivity index (χ2n) is 4.34. The summed E-state index contributed by atoms with van der Waals surface area (Å²) in [7, 11) is 0. The third-order valence-electron chi connectivity index (χ3n) is 3.18. The molecule has 0 unspecified atom stereocenters. The molecule has 18 heavy (non-hydrogen) atoms. The molecule has 3 rings (SSSR count). The highest BCUT2D eigenvalue weighted by Gasteiger charge is 2.21. The number of nitrogens with one attached hydrogen (secondary N) is 1. The molecule has 1 N–H and O–H groups in total. The lowest BCUT2D eigenvalue weighted by molar-refractivity contribution is -0.131. The van der Waals surface area contributed by atoms with Crippen molar-refractivity contribution in [1.29, 1.82) is 0 Å². The topological polar surface area (TPSA) is 74.8 Å². The first-order valence-electron chi connectivity index (χ1n) is 5.90. The van der Waals surface area contributed by atoms with Gasteiger partial charge >= 0.3 is 0 Å². The quantitative estimate of drug-likeness (QED) is 0.824. The summed E-state index contributed by atoms with van der Waals surface area (Å²) in [5.41, 5.74) is 2.56. The third kappa shape index (κ3) is 2.09. The molecule has 1 aromatic heterocycles. The largest absolute Gasteiger partial charge is 0.338 e. The molecule has 1 amide bonds. The van der Waals surface area contributed by atoms with Crippen LogP contribution in [0.15, 0.2) is 24.3 Å². The summed E-state index contributed by atoms with van der Waals surface area (Å²) in [6.45, 7) is 1.43. The second-order valence-corrected chi connectivity index (χ2v) is 4.34. The Balaban J connectivity index is 1.70. The number of benzene rings is 1. The van der Waals surface area contributed by atoms with Gasteiger partial charge in [0.1, 0.15) is 0 Å². The zero-order valence-electron chi connectivity index (χ0n) is 9.83. The maximum Gasteiger partial charge on any atom is 0.230 e. The van der Waals surface area contributed by atoms with E-state index in [1.807, 2.05) is 17.0 Å². The summed E-state index contributed by atoms with van der Waals surface area (Å²) < 4.78 is 0. The molecule has 6 heteroatoms. The minimum atomic E-state index is 0.0471. The monoisotopic (exact) mass is 243 g/mol. The molecule has 2 heterocycles. The summed E-state index contributed by atoms with van der Waals surface area (Å²) >= 11 is 0. The maximum absolute atomic E-state index is 12.1. The Kier molecular flexibility index (Phi) is 2.76. The zero-order valence-corrected chi connectivity index (χ0v) is 9.83. The number of fused-ring (bicyclic) bond motifs is 1. The van der Waals surface area contributed by atoms with Crippen LogP contribution in [0, 0.1) is 0 Å². The van der Waals surface area contributed by atoms with Crippen LogP contribution in [0.25, 0.3) is 0 Å². The van der Waals surface area contributed by atoms with Gasteiger partial charge in [0.05, 0.1) is 6.42 Å². The van der Waals surface area contributed by atoms with Gasteiger partial charge in [0.15, 0.2) is 5.82 Å². The van der Waals surface area contributed by atoms with E-state index in [1.54, 1.807) is 0 Å². The molecular weight excluding hydrogens is 230 g/mol. The van der Waals surface area contributed by atoms with E-state index < -0.39 is 0 Å². The molecule has 92 valence electrons. The molecule has 0 atom stereocenters. The third-order valence-corrected chi connectivity index (χ3v) is 3.18. The molecular formula is C12H13N5O. The number of H-pyrrole nitrogens is 1. The summed E-state index contributed by atoms with van der Waals surface area (Å²) in [5.74, 6) is 0.491. The Morgan fingerprint density at radius 2 is 2.17 bits per heavy atom. The Morgan fingerprint density at radius 3 is 2.94 bits per heavy atom.